The summed E-state index contributed by atoms with van der Waals surface area (Å²) in [6.07, 6.45) is 9.32. The molecule has 2 heterocycles. The van der Waals surface area contributed by atoms with Gasteiger partial charge >= 0.3 is 0 Å². The van der Waals surface area contributed by atoms with Crippen LogP contribution in [0.4, 0.5) is 0 Å². The molecule has 4 nitrogen and oxygen atoms in total. The van der Waals surface area contributed by atoms with E-state index < -0.39 is 0 Å². The zero-order chi connectivity index (χ0) is 17.4. The van der Waals surface area contributed by atoms with E-state index in [-0.39, 0.29) is 11.8 Å². The standard InChI is InChI=1S/C21H23N3O/c1-14(19-13-24(2)20-9-4-3-7-18(19)20)21(25)23-12-16-11-22-10-15-6-5-8-17(15)16/h3-4,7,9-11,13-14H,5-6,8,12H2,1-2H3,(H,23,25). The van der Waals surface area contributed by atoms with E-state index in [0.717, 1.165) is 34.9 Å². The van der Waals surface area contributed by atoms with E-state index in [2.05, 4.69) is 33.2 Å². The first kappa shape index (κ1) is 15.9. The number of fused-ring (bicyclic) bond motifs is 2. The maximum Gasteiger partial charge on any atom is 0.227 e. The van der Waals surface area contributed by atoms with Gasteiger partial charge in [0.2, 0.25) is 5.91 Å². The van der Waals surface area contributed by atoms with Crippen molar-refractivity contribution in [1.29, 1.82) is 0 Å². The van der Waals surface area contributed by atoms with Crippen LogP contribution in [0.2, 0.25) is 0 Å². The third-order valence-corrected chi connectivity index (χ3v) is 5.35. The third kappa shape index (κ3) is 2.82. The van der Waals surface area contributed by atoms with Crippen molar-refractivity contribution in [2.45, 2.75) is 38.6 Å². The molecule has 1 aromatic carbocycles. The Labute approximate surface area is 147 Å². The van der Waals surface area contributed by atoms with Gasteiger partial charge in [-0.15, -0.1) is 0 Å². The van der Waals surface area contributed by atoms with E-state index in [0.29, 0.717) is 6.54 Å². The lowest BCUT2D eigenvalue weighted by atomic mass is 9.99. The van der Waals surface area contributed by atoms with Crippen molar-refractivity contribution < 1.29 is 4.79 Å². The third-order valence-electron chi connectivity index (χ3n) is 5.35. The van der Waals surface area contributed by atoms with Crippen LogP contribution in [0, 0.1) is 0 Å². The molecule has 1 unspecified atom stereocenters. The van der Waals surface area contributed by atoms with Crippen LogP contribution in [0.3, 0.4) is 0 Å². The zero-order valence-electron chi connectivity index (χ0n) is 14.7. The lowest BCUT2D eigenvalue weighted by molar-refractivity contribution is -0.122. The van der Waals surface area contributed by atoms with E-state index in [9.17, 15) is 4.79 Å². The predicted molar refractivity (Wildman–Crippen MR) is 99.4 cm³/mol. The van der Waals surface area contributed by atoms with E-state index >= 15 is 0 Å². The number of benzene rings is 1. The molecule has 0 saturated carbocycles. The van der Waals surface area contributed by atoms with Gasteiger partial charge in [0.25, 0.3) is 0 Å². The average molecular weight is 333 g/mol. The van der Waals surface area contributed by atoms with Crippen LogP contribution in [0.5, 0.6) is 0 Å². The highest BCUT2D eigenvalue weighted by atomic mass is 16.1. The number of hydrogen-bond donors (Lipinski definition) is 1. The van der Waals surface area contributed by atoms with Crippen LogP contribution in [0.15, 0.2) is 42.9 Å². The largest absolute Gasteiger partial charge is 0.351 e. The summed E-state index contributed by atoms with van der Waals surface area (Å²) >= 11 is 0. The monoisotopic (exact) mass is 333 g/mol. The molecule has 4 rings (SSSR count). The molecule has 0 bridgehead atoms. The number of aryl methyl sites for hydroxylation is 2. The predicted octanol–water partition coefficient (Wildman–Crippen LogP) is 3.48. The Hall–Kier alpha value is -2.62. The molecule has 1 amide bonds. The number of aromatic nitrogens is 2. The van der Waals surface area contributed by atoms with E-state index in [1.54, 1.807) is 0 Å². The number of carbonyl (C=O) groups excluding carboxylic acids is 1. The Morgan fingerprint density at radius 2 is 2.12 bits per heavy atom. The van der Waals surface area contributed by atoms with Gasteiger partial charge in [0, 0.05) is 43.1 Å². The molecule has 1 aliphatic carbocycles. The molecule has 0 spiro atoms. The Morgan fingerprint density at radius 3 is 3.00 bits per heavy atom. The van der Waals surface area contributed by atoms with Crippen LogP contribution in [0.25, 0.3) is 10.9 Å². The first-order chi connectivity index (χ1) is 12.1. The second-order valence-corrected chi connectivity index (χ2v) is 6.94. The molecule has 0 radical (unpaired) electrons. The van der Waals surface area contributed by atoms with Gasteiger partial charge in [0.05, 0.1) is 5.92 Å². The minimum Gasteiger partial charge on any atom is -0.351 e. The summed E-state index contributed by atoms with van der Waals surface area (Å²) in [6, 6.07) is 8.22. The van der Waals surface area contributed by atoms with E-state index in [4.69, 9.17) is 0 Å². The van der Waals surface area contributed by atoms with Gasteiger partial charge in [-0.25, -0.2) is 0 Å². The minimum atomic E-state index is -0.184. The molecule has 0 saturated heterocycles. The molecule has 1 aliphatic rings. The molecular formula is C21H23N3O. The summed E-state index contributed by atoms with van der Waals surface area (Å²) in [4.78, 5) is 17.1. The molecule has 1 N–H and O–H groups in total. The van der Waals surface area contributed by atoms with Crippen molar-refractivity contribution in [2.75, 3.05) is 0 Å². The van der Waals surface area contributed by atoms with Gasteiger partial charge in [0.15, 0.2) is 0 Å². The van der Waals surface area contributed by atoms with Gasteiger partial charge in [-0.05, 0) is 54.5 Å². The lowest BCUT2D eigenvalue weighted by Crippen LogP contribution is -2.28. The molecular weight excluding hydrogens is 310 g/mol. The molecule has 2 aromatic heterocycles. The van der Waals surface area contributed by atoms with Crippen LogP contribution < -0.4 is 5.32 Å². The molecule has 128 valence electrons. The molecule has 1 atom stereocenters. The highest BCUT2D eigenvalue weighted by molar-refractivity contribution is 5.92. The first-order valence-corrected chi connectivity index (χ1v) is 8.91. The van der Waals surface area contributed by atoms with Gasteiger partial charge in [-0.3, -0.25) is 9.78 Å². The minimum absolute atomic E-state index is 0.0620. The fraction of sp³-hybridized carbons (Fsp3) is 0.333. The smallest absolute Gasteiger partial charge is 0.227 e. The zero-order valence-corrected chi connectivity index (χ0v) is 14.7. The van der Waals surface area contributed by atoms with Gasteiger partial charge < -0.3 is 9.88 Å². The van der Waals surface area contributed by atoms with Crippen LogP contribution in [0.1, 0.15) is 41.5 Å². The SMILES string of the molecule is CC(C(=O)NCc1cncc2c1CCC2)c1cn(C)c2ccccc12. The number of para-hydroxylation sites is 1. The highest BCUT2D eigenvalue weighted by Gasteiger charge is 2.21. The number of pyridine rings is 1. The highest BCUT2D eigenvalue weighted by Crippen LogP contribution is 2.28. The molecule has 3 aromatic rings. The fourth-order valence-corrected chi connectivity index (χ4v) is 3.92. The van der Waals surface area contributed by atoms with Gasteiger partial charge in [0.1, 0.15) is 0 Å². The Balaban J connectivity index is 1.52. The number of nitrogens with one attached hydrogen (secondary N) is 1. The number of hydrogen-bond acceptors (Lipinski definition) is 2. The van der Waals surface area contributed by atoms with Gasteiger partial charge in [-0.2, -0.15) is 0 Å². The van der Waals surface area contributed by atoms with Crippen LogP contribution >= 0.6 is 0 Å². The number of carbonyl (C=O) groups is 1. The molecule has 25 heavy (non-hydrogen) atoms. The summed E-state index contributed by atoms with van der Waals surface area (Å²) < 4.78 is 2.09. The fourth-order valence-electron chi connectivity index (χ4n) is 3.92. The van der Waals surface area contributed by atoms with Crippen LogP contribution in [-0.2, 0) is 31.2 Å². The summed E-state index contributed by atoms with van der Waals surface area (Å²) in [7, 11) is 2.02. The Bertz CT molecular complexity index is 941. The van der Waals surface area contributed by atoms with E-state index in [1.807, 2.05) is 38.5 Å². The van der Waals surface area contributed by atoms with Gasteiger partial charge in [-0.1, -0.05) is 18.2 Å². The number of rotatable bonds is 4. The Morgan fingerprint density at radius 1 is 1.28 bits per heavy atom. The van der Waals surface area contributed by atoms with Crippen LogP contribution in [-0.4, -0.2) is 15.5 Å². The molecule has 0 fully saturated rings. The number of amides is 1. The summed E-state index contributed by atoms with van der Waals surface area (Å²) in [6.45, 7) is 2.54. The summed E-state index contributed by atoms with van der Waals surface area (Å²) in [5.74, 6) is -0.122. The summed E-state index contributed by atoms with van der Waals surface area (Å²) in [5.41, 5.74) is 6.12. The van der Waals surface area contributed by atoms with E-state index in [1.165, 1.54) is 17.5 Å². The molecule has 4 heteroatoms. The second-order valence-electron chi connectivity index (χ2n) is 6.94. The molecule has 0 aliphatic heterocycles. The van der Waals surface area contributed by atoms with Crippen molar-refractivity contribution in [1.82, 2.24) is 14.9 Å². The van der Waals surface area contributed by atoms with Crippen molar-refractivity contribution in [2.24, 2.45) is 7.05 Å². The summed E-state index contributed by atoms with van der Waals surface area (Å²) in [5, 5.41) is 4.26. The average Bonchev–Trinajstić information content (AvgIpc) is 3.24. The Kier molecular flexibility index (Phi) is 4.04. The number of nitrogens with zero attached hydrogens (tertiary/aromatic N) is 2. The van der Waals surface area contributed by atoms with Crippen molar-refractivity contribution in [3.63, 3.8) is 0 Å². The van der Waals surface area contributed by atoms with Crippen molar-refractivity contribution in [3.8, 4) is 0 Å². The maximum absolute atomic E-state index is 12.7. The van der Waals surface area contributed by atoms with Crippen molar-refractivity contribution in [3.05, 3.63) is 65.1 Å². The first-order valence-electron chi connectivity index (χ1n) is 8.91. The normalized spacial score (nSPS) is 14.5. The lowest BCUT2D eigenvalue weighted by Gasteiger charge is -2.13. The quantitative estimate of drug-likeness (QED) is 0.794. The second kappa shape index (κ2) is 6.36. The maximum atomic E-state index is 12.7. The van der Waals surface area contributed by atoms with Crippen molar-refractivity contribution >= 4 is 16.8 Å². The topological polar surface area (TPSA) is 46.9 Å².